The lowest BCUT2D eigenvalue weighted by atomic mass is 10.3. The van der Waals surface area contributed by atoms with E-state index >= 15 is 0 Å². The van der Waals surface area contributed by atoms with Gasteiger partial charge in [-0.2, -0.15) is 0 Å². The maximum Gasteiger partial charge on any atom is 0.412 e. The summed E-state index contributed by atoms with van der Waals surface area (Å²) < 4.78 is 10.3. The molecule has 1 aromatic rings. The highest BCUT2D eigenvalue weighted by atomic mass is 16.6. The molecule has 0 spiro atoms. The van der Waals surface area contributed by atoms with Crippen LogP contribution in [-0.4, -0.2) is 24.2 Å². The van der Waals surface area contributed by atoms with Crippen LogP contribution in [-0.2, 0) is 0 Å². The number of rotatable bonds is 4. The number of carbonyl (C=O) groups is 1. The minimum atomic E-state index is -0.718. The second kappa shape index (κ2) is 5.85. The monoisotopic (exact) mass is 254 g/mol. The molecule has 7 nitrogen and oxygen atoms in total. The second-order valence-corrected chi connectivity index (χ2v) is 3.69. The van der Waals surface area contributed by atoms with Crippen molar-refractivity contribution in [3.05, 3.63) is 28.3 Å². The van der Waals surface area contributed by atoms with E-state index in [9.17, 15) is 14.9 Å². The summed E-state index contributed by atoms with van der Waals surface area (Å²) in [6.45, 7) is 3.59. The van der Waals surface area contributed by atoms with Crippen LogP contribution in [0.5, 0.6) is 11.5 Å². The van der Waals surface area contributed by atoms with Gasteiger partial charge in [-0.05, 0) is 19.9 Å². The predicted octanol–water partition coefficient (Wildman–Crippen LogP) is 2.10. The lowest BCUT2D eigenvalue weighted by Crippen LogP contribution is -2.22. The first-order valence-corrected chi connectivity index (χ1v) is 5.28. The van der Waals surface area contributed by atoms with Gasteiger partial charge in [0.05, 0.1) is 17.1 Å². The van der Waals surface area contributed by atoms with E-state index < -0.39 is 11.0 Å². The van der Waals surface area contributed by atoms with Gasteiger partial charge in [0.25, 0.3) is 5.69 Å². The molecule has 1 amide bonds. The molecular weight excluding hydrogens is 240 g/mol. The fourth-order valence-corrected chi connectivity index (χ4v) is 1.19. The van der Waals surface area contributed by atoms with E-state index in [-0.39, 0.29) is 23.3 Å². The van der Waals surface area contributed by atoms with Crippen LogP contribution in [0.2, 0.25) is 0 Å². The van der Waals surface area contributed by atoms with Crippen LogP contribution in [0.3, 0.4) is 0 Å². The number of benzene rings is 1. The average Bonchev–Trinajstić information content (AvgIpc) is 2.30. The van der Waals surface area contributed by atoms with Crippen LogP contribution in [0.4, 0.5) is 10.5 Å². The van der Waals surface area contributed by atoms with Crippen molar-refractivity contribution in [3.8, 4) is 11.5 Å². The molecule has 0 aromatic heterocycles. The van der Waals surface area contributed by atoms with Crippen molar-refractivity contribution >= 4 is 11.8 Å². The Kier molecular flexibility index (Phi) is 4.47. The summed E-state index contributed by atoms with van der Waals surface area (Å²) in [5, 5.41) is 12.9. The summed E-state index contributed by atoms with van der Waals surface area (Å²) in [4.78, 5) is 21.2. The molecular formula is C11H14N2O5. The molecule has 0 bridgehead atoms. The quantitative estimate of drug-likeness (QED) is 0.656. The summed E-state index contributed by atoms with van der Waals surface area (Å²) in [6.07, 6.45) is -0.859. The van der Waals surface area contributed by atoms with E-state index in [1.807, 2.05) is 0 Å². The first-order chi connectivity index (χ1) is 8.43. The SMILES string of the molecule is CNC(=O)Oc1cc([N+](=O)[O-])ccc1OC(C)C. The smallest absolute Gasteiger partial charge is 0.412 e. The van der Waals surface area contributed by atoms with E-state index in [0.717, 1.165) is 6.07 Å². The van der Waals surface area contributed by atoms with Crippen molar-refractivity contribution in [1.82, 2.24) is 5.32 Å². The Morgan fingerprint density at radius 1 is 1.39 bits per heavy atom. The molecule has 0 saturated carbocycles. The number of nitro groups is 1. The summed E-state index contributed by atoms with van der Waals surface area (Å²) in [5.74, 6) is 0.288. The largest absolute Gasteiger partial charge is 0.487 e. The van der Waals surface area contributed by atoms with Crippen LogP contribution < -0.4 is 14.8 Å². The minimum Gasteiger partial charge on any atom is -0.487 e. The van der Waals surface area contributed by atoms with E-state index in [0.29, 0.717) is 0 Å². The molecule has 0 heterocycles. The lowest BCUT2D eigenvalue weighted by Gasteiger charge is -2.13. The first-order valence-electron chi connectivity index (χ1n) is 5.28. The Bertz CT molecular complexity index is 459. The van der Waals surface area contributed by atoms with E-state index in [2.05, 4.69) is 5.32 Å². The summed E-state index contributed by atoms with van der Waals surface area (Å²) in [5.41, 5.74) is -0.176. The van der Waals surface area contributed by atoms with Crippen molar-refractivity contribution in [2.45, 2.75) is 20.0 Å². The van der Waals surface area contributed by atoms with Crippen molar-refractivity contribution in [2.24, 2.45) is 0 Å². The lowest BCUT2D eigenvalue weighted by molar-refractivity contribution is -0.384. The van der Waals surface area contributed by atoms with Crippen molar-refractivity contribution in [1.29, 1.82) is 0 Å². The van der Waals surface area contributed by atoms with E-state index in [1.54, 1.807) is 13.8 Å². The van der Waals surface area contributed by atoms with Crippen LogP contribution in [0.25, 0.3) is 0 Å². The van der Waals surface area contributed by atoms with Gasteiger partial charge in [-0.15, -0.1) is 0 Å². The Morgan fingerprint density at radius 2 is 2.06 bits per heavy atom. The van der Waals surface area contributed by atoms with Crippen LogP contribution in [0.1, 0.15) is 13.8 Å². The molecule has 1 rings (SSSR count). The molecule has 0 atom stereocenters. The third kappa shape index (κ3) is 3.62. The maximum atomic E-state index is 11.1. The van der Waals surface area contributed by atoms with E-state index in [4.69, 9.17) is 9.47 Å². The molecule has 0 radical (unpaired) electrons. The number of nitrogens with one attached hydrogen (secondary N) is 1. The molecule has 1 aromatic carbocycles. The summed E-state index contributed by atoms with van der Waals surface area (Å²) in [6, 6.07) is 3.83. The standard InChI is InChI=1S/C11H14N2O5/c1-7(2)17-9-5-4-8(13(15)16)6-10(9)18-11(14)12-3/h4-7H,1-3H3,(H,12,14). The Morgan fingerprint density at radius 3 is 2.56 bits per heavy atom. The molecule has 98 valence electrons. The molecule has 0 aliphatic carbocycles. The molecule has 0 saturated heterocycles. The molecule has 7 heteroatoms. The zero-order valence-corrected chi connectivity index (χ0v) is 10.3. The molecule has 0 aliphatic heterocycles. The Hall–Kier alpha value is -2.31. The van der Waals surface area contributed by atoms with Crippen molar-refractivity contribution in [3.63, 3.8) is 0 Å². The van der Waals surface area contributed by atoms with Gasteiger partial charge >= 0.3 is 6.09 Å². The van der Waals surface area contributed by atoms with Crippen molar-refractivity contribution < 1.29 is 19.2 Å². The van der Waals surface area contributed by atoms with E-state index in [1.165, 1.54) is 19.2 Å². The highest BCUT2D eigenvalue weighted by Gasteiger charge is 2.16. The van der Waals surface area contributed by atoms with Gasteiger partial charge in [0, 0.05) is 13.1 Å². The zero-order valence-electron chi connectivity index (χ0n) is 10.3. The number of carbonyl (C=O) groups excluding carboxylic acids is 1. The third-order valence-electron chi connectivity index (χ3n) is 1.91. The molecule has 0 fully saturated rings. The summed E-state index contributed by atoms with van der Waals surface area (Å²) >= 11 is 0. The molecule has 18 heavy (non-hydrogen) atoms. The Labute approximate surface area is 104 Å². The molecule has 0 aliphatic rings. The fraction of sp³-hybridized carbons (Fsp3) is 0.364. The predicted molar refractivity (Wildman–Crippen MR) is 63.9 cm³/mol. The van der Waals surface area contributed by atoms with Crippen LogP contribution in [0, 0.1) is 10.1 Å². The average molecular weight is 254 g/mol. The van der Waals surface area contributed by atoms with Gasteiger partial charge < -0.3 is 14.8 Å². The number of nitrogens with zero attached hydrogens (tertiary/aromatic N) is 1. The minimum absolute atomic E-state index is 0.0113. The number of non-ortho nitro benzene ring substituents is 1. The normalized spacial score (nSPS) is 10.0. The Balaban J connectivity index is 3.09. The first kappa shape index (κ1) is 13.8. The number of amides is 1. The number of hydrogen-bond donors (Lipinski definition) is 1. The topological polar surface area (TPSA) is 90.7 Å². The number of ether oxygens (including phenoxy) is 2. The summed E-state index contributed by atoms with van der Waals surface area (Å²) in [7, 11) is 1.39. The highest BCUT2D eigenvalue weighted by molar-refractivity contribution is 5.71. The van der Waals surface area contributed by atoms with Gasteiger partial charge in [0.15, 0.2) is 11.5 Å². The van der Waals surface area contributed by atoms with Crippen molar-refractivity contribution in [2.75, 3.05) is 7.05 Å². The van der Waals surface area contributed by atoms with Crippen LogP contribution in [0.15, 0.2) is 18.2 Å². The van der Waals surface area contributed by atoms with Gasteiger partial charge in [-0.1, -0.05) is 0 Å². The number of nitro benzene ring substituents is 1. The van der Waals surface area contributed by atoms with Gasteiger partial charge in [-0.25, -0.2) is 4.79 Å². The zero-order chi connectivity index (χ0) is 13.7. The van der Waals surface area contributed by atoms with Gasteiger partial charge in [-0.3, -0.25) is 10.1 Å². The molecule has 0 unspecified atom stereocenters. The maximum absolute atomic E-state index is 11.1. The van der Waals surface area contributed by atoms with Gasteiger partial charge in [0.2, 0.25) is 0 Å². The number of hydrogen-bond acceptors (Lipinski definition) is 5. The fourth-order valence-electron chi connectivity index (χ4n) is 1.19. The third-order valence-corrected chi connectivity index (χ3v) is 1.91. The van der Waals surface area contributed by atoms with Crippen LogP contribution >= 0.6 is 0 Å². The second-order valence-electron chi connectivity index (χ2n) is 3.69. The molecule has 1 N–H and O–H groups in total. The van der Waals surface area contributed by atoms with Gasteiger partial charge in [0.1, 0.15) is 0 Å². The highest BCUT2D eigenvalue weighted by Crippen LogP contribution is 2.32.